The fourth-order valence-electron chi connectivity index (χ4n) is 1.13. The molecule has 1 amide bonds. The molecule has 1 aromatic rings. The second kappa shape index (κ2) is 5.95. The van der Waals surface area contributed by atoms with E-state index in [4.69, 9.17) is 0 Å². The minimum absolute atomic E-state index is 0.0608. The molecule has 1 heterocycles. The predicted octanol–water partition coefficient (Wildman–Crippen LogP) is 0.904. The normalized spacial score (nSPS) is 11.1. The number of carbonyl (C=O) groups excluding carboxylic acids is 1. The third kappa shape index (κ3) is 3.87. The first-order chi connectivity index (χ1) is 8.77. The third-order valence-corrected chi connectivity index (χ3v) is 4.21. The summed E-state index contributed by atoms with van der Waals surface area (Å²) < 4.78 is 28.0. The molecule has 106 valence electrons. The van der Waals surface area contributed by atoms with Crippen LogP contribution in [-0.4, -0.2) is 26.0 Å². The molecule has 0 aromatic carbocycles. The fourth-order valence-corrected chi connectivity index (χ4v) is 3.34. The van der Waals surface area contributed by atoms with Crippen molar-refractivity contribution >= 4 is 32.5 Å². The van der Waals surface area contributed by atoms with Crippen molar-refractivity contribution in [2.75, 3.05) is 6.61 Å². The van der Waals surface area contributed by atoms with Crippen LogP contribution in [0.1, 0.15) is 11.8 Å². The number of hydrogen-bond acceptors (Lipinski definition) is 7. The molecule has 0 spiro atoms. The molecule has 11 heteroatoms. The van der Waals surface area contributed by atoms with E-state index in [0.717, 1.165) is 17.4 Å². The van der Waals surface area contributed by atoms with Gasteiger partial charge in [0.1, 0.15) is 0 Å². The molecular weight excluding hydrogens is 298 g/mol. The van der Waals surface area contributed by atoms with Crippen LogP contribution >= 0.6 is 11.3 Å². The molecule has 0 aliphatic rings. The van der Waals surface area contributed by atoms with Crippen LogP contribution in [0.2, 0.25) is 0 Å². The lowest BCUT2D eigenvalue weighted by atomic mass is 10.5. The maximum absolute atomic E-state index is 11.8. The highest BCUT2D eigenvalue weighted by atomic mass is 32.2. The first-order valence-electron chi connectivity index (χ1n) is 4.97. The molecule has 0 fully saturated rings. The van der Waals surface area contributed by atoms with Gasteiger partial charge in [-0.25, -0.2) is 18.6 Å². The number of thiophene rings is 1. The standard InChI is InChI=1S/C8H11N3O6S2/c1-3-17-8(12)9-10-19(15,16)6-4-5(2)18-7(6)11(13)14/h4,10H,3H2,1-2H3,(H,9,12). The minimum Gasteiger partial charge on any atom is -0.449 e. The Morgan fingerprint density at radius 2 is 2.21 bits per heavy atom. The number of hydrazine groups is 1. The zero-order chi connectivity index (χ0) is 14.6. The van der Waals surface area contributed by atoms with Crippen molar-refractivity contribution in [3.05, 3.63) is 21.1 Å². The number of hydrogen-bond donors (Lipinski definition) is 2. The summed E-state index contributed by atoms with van der Waals surface area (Å²) in [5.41, 5.74) is 1.78. The Kier molecular flexibility index (Phi) is 4.80. The molecule has 0 unspecified atom stereocenters. The van der Waals surface area contributed by atoms with Crippen LogP contribution in [0, 0.1) is 17.0 Å². The smallest absolute Gasteiger partial charge is 0.422 e. The highest BCUT2D eigenvalue weighted by molar-refractivity contribution is 7.89. The Bertz CT molecular complexity index is 594. The van der Waals surface area contributed by atoms with E-state index in [1.807, 2.05) is 0 Å². The maximum atomic E-state index is 11.8. The number of nitro groups is 1. The highest BCUT2D eigenvalue weighted by Crippen LogP contribution is 2.32. The van der Waals surface area contributed by atoms with Crippen molar-refractivity contribution in [3.63, 3.8) is 0 Å². The molecule has 0 radical (unpaired) electrons. The van der Waals surface area contributed by atoms with Crippen LogP contribution in [0.5, 0.6) is 0 Å². The SMILES string of the molecule is CCOC(=O)NNS(=O)(=O)c1cc(C)sc1[N+](=O)[O-]. The molecular formula is C8H11N3O6S2. The van der Waals surface area contributed by atoms with Gasteiger partial charge in [0, 0.05) is 4.88 Å². The minimum atomic E-state index is -4.22. The number of ether oxygens (including phenoxy) is 1. The van der Waals surface area contributed by atoms with Crippen molar-refractivity contribution < 1.29 is 22.9 Å². The lowest BCUT2D eigenvalue weighted by Gasteiger charge is -2.06. The molecule has 0 aliphatic heterocycles. The zero-order valence-electron chi connectivity index (χ0n) is 10.00. The largest absolute Gasteiger partial charge is 0.449 e. The van der Waals surface area contributed by atoms with E-state index < -0.39 is 30.9 Å². The summed E-state index contributed by atoms with van der Waals surface area (Å²) >= 11 is 0.732. The third-order valence-electron chi connectivity index (χ3n) is 1.82. The van der Waals surface area contributed by atoms with Gasteiger partial charge in [-0.05, 0) is 19.9 Å². The Morgan fingerprint density at radius 3 is 2.74 bits per heavy atom. The number of sulfonamides is 1. The van der Waals surface area contributed by atoms with Gasteiger partial charge in [-0.3, -0.25) is 10.1 Å². The summed E-state index contributed by atoms with van der Waals surface area (Å²) in [6.45, 7) is 3.14. The van der Waals surface area contributed by atoms with Crippen LogP contribution in [0.4, 0.5) is 9.80 Å². The first-order valence-corrected chi connectivity index (χ1v) is 7.27. The van der Waals surface area contributed by atoms with E-state index in [1.165, 1.54) is 6.92 Å². The molecule has 0 saturated carbocycles. The Morgan fingerprint density at radius 1 is 1.58 bits per heavy atom. The summed E-state index contributed by atoms with van der Waals surface area (Å²) in [5.74, 6) is 0. The number of amides is 1. The van der Waals surface area contributed by atoms with Crippen molar-refractivity contribution in [1.29, 1.82) is 0 Å². The lowest BCUT2D eigenvalue weighted by Crippen LogP contribution is -2.41. The van der Waals surface area contributed by atoms with Crippen LogP contribution in [0.3, 0.4) is 0 Å². The molecule has 1 rings (SSSR count). The topological polar surface area (TPSA) is 128 Å². The van der Waals surface area contributed by atoms with Gasteiger partial charge < -0.3 is 4.74 Å². The zero-order valence-corrected chi connectivity index (χ0v) is 11.6. The first kappa shape index (κ1) is 15.3. The van der Waals surface area contributed by atoms with Crippen molar-refractivity contribution in [2.24, 2.45) is 0 Å². The van der Waals surface area contributed by atoms with Crippen LogP contribution in [-0.2, 0) is 14.8 Å². The average molecular weight is 309 g/mol. The van der Waals surface area contributed by atoms with Gasteiger partial charge in [0.2, 0.25) is 0 Å². The van der Waals surface area contributed by atoms with Crippen LogP contribution in [0.15, 0.2) is 11.0 Å². The van der Waals surface area contributed by atoms with Gasteiger partial charge in [0.05, 0.1) is 11.5 Å². The average Bonchev–Trinajstić information content (AvgIpc) is 2.70. The Balaban J connectivity index is 2.95. The maximum Gasteiger partial charge on any atom is 0.422 e. The van der Waals surface area contributed by atoms with Gasteiger partial charge in [-0.1, -0.05) is 11.3 Å². The summed E-state index contributed by atoms with van der Waals surface area (Å²) in [5, 5.41) is 10.2. The molecule has 9 nitrogen and oxygen atoms in total. The molecule has 2 N–H and O–H groups in total. The number of aryl methyl sites for hydroxylation is 1. The summed E-state index contributed by atoms with van der Waals surface area (Å²) in [4.78, 5) is 22.6. The molecule has 0 saturated heterocycles. The number of nitrogens with one attached hydrogen (secondary N) is 2. The second-order valence-corrected chi connectivity index (χ2v) is 6.12. The quantitative estimate of drug-likeness (QED) is 0.614. The van der Waals surface area contributed by atoms with E-state index in [1.54, 1.807) is 17.2 Å². The van der Waals surface area contributed by atoms with E-state index in [0.29, 0.717) is 4.88 Å². The van der Waals surface area contributed by atoms with Gasteiger partial charge in [0.25, 0.3) is 10.0 Å². The van der Waals surface area contributed by atoms with Gasteiger partial charge in [0.15, 0.2) is 4.90 Å². The van der Waals surface area contributed by atoms with Crippen molar-refractivity contribution in [3.8, 4) is 0 Å². The van der Waals surface area contributed by atoms with Gasteiger partial charge in [-0.2, -0.15) is 0 Å². The lowest BCUT2D eigenvalue weighted by molar-refractivity contribution is -0.383. The van der Waals surface area contributed by atoms with E-state index in [2.05, 4.69) is 4.74 Å². The summed E-state index contributed by atoms with van der Waals surface area (Å²) in [7, 11) is -4.22. The van der Waals surface area contributed by atoms with Crippen molar-refractivity contribution in [2.45, 2.75) is 18.7 Å². The molecule has 0 aliphatic carbocycles. The van der Waals surface area contributed by atoms with E-state index >= 15 is 0 Å². The Hall–Kier alpha value is -1.72. The molecule has 1 aromatic heterocycles. The second-order valence-electron chi connectivity index (χ2n) is 3.23. The van der Waals surface area contributed by atoms with Gasteiger partial charge in [-0.15, -0.1) is 4.83 Å². The molecule has 0 bridgehead atoms. The van der Waals surface area contributed by atoms with Gasteiger partial charge >= 0.3 is 11.1 Å². The number of carbonyl (C=O) groups is 1. The number of rotatable bonds is 5. The van der Waals surface area contributed by atoms with Crippen molar-refractivity contribution in [1.82, 2.24) is 10.3 Å². The van der Waals surface area contributed by atoms with E-state index in [-0.39, 0.29) is 6.61 Å². The van der Waals surface area contributed by atoms with Crippen LogP contribution in [0.25, 0.3) is 0 Å². The molecule has 0 atom stereocenters. The predicted molar refractivity (Wildman–Crippen MR) is 66.2 cm³/mol. The summed E-state index contributed by atoms with van der Waals surface area (Å²) in [6, 6.07) is 1.15. The summed E-state index contributed by atoms with van der Waals surface area (Å²) in [6.07, 6.45) is -0.999. The number of nitrogens with zero attached hydrogens (tertiary/aromatic N) is 1. The molecule has 19 heavy (non-hydrogen) atoms. The van der Waals surface area contributed by atoms with Crippen LogP contribution < -0.4 is 10.3 Å². The Labute approximate surface area is 112 Å². The monoisotopic (exact) mass is 309 g/mol. The highest BCUT2D eigenvalue weighted by Gasteiger charge is 2.29. The van der Waals surface area contributed by atoms with E-state index in [9.17, 15) is 23.3 Å². The fraction of sp³-hybridized carbons (Fsp3) is 0.375.